The second kappa shape index (κ2) is 3.98. The number of amidine groups is 1. The van der Waals surface area contributed by atoms with Crippen molar-refractivity contribution in [1.82, 2.24) is 4.57 Å². The fourth-order valence-electron chi connectivity index (χ4n) is 1.61. The Bertz CT molecular complexity index is 618. The number of nitrogens with two attached hydrogens (primary N) is 1. The van der Waals surface area contributed by atoms with Gasteiger partial charge in [0.25, 0.3) is 0 Å². The molecule has 4 nitrogen and oxygen atoms in total. The van der Waals surface area contributed by atoms with Gasteiger partial charge in [-0.15, -0.1) is 0 Å². The molecule has 1 aromatic carbocycles. The second-order valence-corrected chi connectivity index (χ2v) is 3.93. The minimum absolute atomic E-state index is 0.0416. The number of fused-ring (bicyclic) bond motifs is 1. The lowest BCUT2D eigenvalue weighted by atomic mass is 10.2. The third-order valence-corrected chi connectivity index (χ3v) is 2.52. The average Bonchev–Trinajstić information content (AvgIpc) is 2.22. The van der Waals surface area contributed by atoms with Gasteiger partial charge in [-0.1, -0.05) is 11.6 Å². The Morgan fingerprint density at radius 2 is 2.19 bits per heavy atom. The van der Waals surface area contributed by atoms with Gasteiger partial charge < -0.3 is 10.3 Å². The minimum atomic E-state index is -0.0858. The van der Waals surface area contributed by atoms with Crippen molar-refractivity contribution in [2.75, 3.05) is 0 Å². The Hall–Kier alpha value is -1.81. The summed E-state index contributed by atoms with van der Waals surface area (Å²) in [5.74, 6) is 0.0416. The fourth-order valence-corrected chi connectivity index (χ4v) is 1.78. The number of benzene rings is 1. The van der Waals surface area contributed by atoms with Crippen LogP contribution in [0.5, 0.6) is 0 Å². The van der Waals surface area contributed by atoms with Crippen LogP contribution >= 0.6 is 11.6 Å². The molecule has 2 aromatic rings. The number of nitrogens with one attached hydrogen (secondary N) is 1. The van der Waals surface area contributed by atoms with Gasteiger partial charge in [0.1, 0.15) is 5.84 Å². The molecule has 0 spiro atoms. The quantitative estimate of drug-likeness (QED) is 0.613. The number of rotatable bonds is 2. The van der Waals surface area contributed by atoms with Gasteiger partial charge in [0, 0.05) is 22.7 Å². The first kappa shape index (κ1) is 10.7. The van der Waals surface area contributed by atoms with Crippen molar-refractivity contribution in [3.63, 3.8) is 0 Å². The summed E-state index contributed by atoms with van der Waals surface area (Å²) >= 11 is 5.83. The van der Waals surface area contributed by atoms with Crippen molar-refractivity contribution in [2.24, 2.45) is 5.73 Å². The average molecular weight is 236 g/mol. The van der Waals surface area contributed by atoms with Crippen molar-refractivity contribution >= 4 is 28.3 Å². The van der Waals surface area contributed by atoms with Gasteiger partial charge in [-0.05, 0) is 18.2 Å². The molecule has 0 aliphatic heterocycles. The Balaban J connectivity index is 2.74. The molecule has 0 atom stereocenters. The number of halogens is 1. The van der Waals surface area contributed by atoms with E-state index in [4.69, 9.17) is 22.7 Å². The van der Waals surface area contributed by atoms with E-state index in [1.165, 1.54) is 6.07 Å². The van der Waals surface area contributed by atoms with Crippen LogP contribution in [0.4, 0.5) is 0 Å². The first-order chi connectivity index (χ1) is 7.58. The van der Waals surface area contributed by atoms with Gasteiger partial charge >= 0.3 is 0 Å². The Kier molecular flexibility index (Phi) is 2.66. The summed E-state index contributed by atoms with van der Waals surface area (Å²) in [6.07, 6.45) is 1.62. The minimum Gasteiger partial charge on any atom is -0.386 e. The SMILES string of the molecule is N=C(N)Cn1ccc(=O)c2cc(Cl)ccc21. The number of hydrogen-bond acceptors (Lipinski definition) is 2. The van der Waals surface area contributed by atoms with Crippen molar-refractivity contribution < 1.29 is 0 Å². The van der Waals surface area contributed by atoms with E-state index in [9.17, 15) is 4.79 Å². The fraction of sp³-hybridized carbons (Fsp3) is 0.0909. The molecule has 0 amide bonds. The molecule has 1 aromatic heterocycles. The molecule has 0 aliphatic rings. The Labute approximate surface area is 96.8 Å². The molecule has 0 unspecified atom stereocenters. The lowest BCUT2D eigenvalue weighted by Crippen LogP contribution is -2.19. The van der Waals surface area contributed by atoms with Gasteiger partial charge in [0.15, 0.2) is 5.43 Å². The van der Waals surface area contributed by atoms with Gasteiger partial charge in [0.05, 0.1) is 12.1 Å². The smallest absolute Gasteiger partial charge is 0.189 e. The van der Waals surface area contributed by atoms with E-state index in [-0.39, 0.29) is 17.8 Å². The predicted octanol–water partition coefficient (Wildman–Crippen LogP) is 1.59. The van der Waals surface area contributed by atoms with E-state index >= 15 is 0 Å². The maximum atomic E-state index is 11.6. The summed E-state index contributed by atoms with van der Waals surface area (Å²) in [6, 6.07) is 6.53. The molecular formula is C11H10ClN3O. The van der Waals surface area contributed by atoms with E-state index in [1.807, 2.05) is 0 Å². The first-order valence-corrected chi connectivity index (χ1v) is 5.07. The molecule has 2 rings (SSSR count). The van der Waals surface area contributed by atoms with E-state index in [0.717, 1.165) is 5.52 Å². The van der Waals surface area contributed by atoms with Crippen molar-refractivity contribution in [1.29, 1.82) is 5.41 Å². The maximum Gasteiger partial charge on any atom is 0.189 e. The molecule has 3 N–H and O–H groups in total. The maximum absolute atomic E-state index is 11.6. The van der Waals surface area contributed by atoms with E-state index < -0.39 is 0 Å². The third kappa shape index (κ3) is 1.92. The standard InChI is InChI=1S/C11H10ClN3O/c12-7-1-2-9-8(5-7)10(16)3-4-15(9)6-11(13)14/h1-5H,6H2,(H3,13,14). The highest BCUT2D eigenvalue weighted by Gasteiger charge is 2.03. The summed E-state index contributed by atoms with van der Waals surface area (Å²) in [7, 11) is 0. The predicted molar refractivity (Wildman–Crippen MR) is 65.1 cm³/mol. The van der Waals surface area contributed by atoms with Crippen LogP contribution in [0.3, 0.4) is 0 Å². The van der Waals surface area contributed by atoms with Crippen LogP contribution in [0.2, 0.25) is 5.02 Å². The highest BCUT2D eigenvalue weighted by atomic mass is 35.5. The zero-order valence-electron chi connectivity index (χ0n) is 8.40. The summed E-state index contributed by atoms with van der Waals surface area (Å²) < 4.78 is 1.75. The van der Waals surface area contributed by atoms with Crippen LogP contribution < -0.4 is 11.2 Å². The Morgan fingerprint density at radius 1 is 1.44 bits per heavy atom. The zero-order valence-corrected chi connectivity index (χ0v) is 9.16. The molecular weight excluding hydrogens is 226 g/mol. The van der Waals surface area contributed by atoms with E-state index in [1.54, 1.807) is 29.0 Å². The Morgan fingerprint density at radius 3 is 2.88 bits per heavy atom. The van der Waals surface area contributed by atoms with Crippen LogP contribution in [0.1, 0.15) is 0 Å². The highest BCUT2D eigenvalue weighted by molar-refractivity contribution is 6.31. The normalized spacial score (nSPS) is 10.6. The summed E-state index contributed by atoms with van der Waals surface area (Å²) in [5, 5.41) is 8.31. The molecule has 5 heteroatoms. The van der Waals surface area contributed by atoms with Crippen LogP contribution in [-0.4, -0.2) is 10.4 Å². The van der Waals surface area contributed by atoms with Gasteiger partial charge in [-0.2, -0.15) is 0 Å². The topological polar surface area (TPSA) is 71.9 Å². The molecule has 16 heavy (non-hydrogen) atoms. The molecule has 0 bridgehead atoms. The number of pyridine rings is 1. The number of nitrogens with zero attached hydrogens (tertiary/aromatic N) is 1. The van der Waals surface area contributed by atoms with E-state index in [0.29, 0.717) is 10.4 Å². The molecule has 82 valence electrons. The zero-order chi connectivity index (χ0) is 11.7. The van der Waals surface area contributed by atoms with Gasteiger partial charge in [0.2, 0.25) is 0 Å². The first-order valence-electron chi connectivity index (χ1n) is 4.69. The lowest BCUT2D eigenvalue weighted by molar-refractivity contribution is 0.871. The van der Waals surface area contributed by atoms with Crippen LogP contribution in [0.25, 0.3) is 10.9 Å². The monoisotopic (exact) mass is 235 g/mol. The van der Waals surface area contributed by atoms with Gasteiger partial charge in [-0.25, -0.2) is 0 Å². The van der Waals surface area contributed by atoms with Gasteiger partial charge in [-0.3, -0.25) is 10.2 Å². The lowest BCUT2D eigenvalue weighted by Gasteiger charge is -2.09. The van der Waals surface area contributed by atoms with Crippen molar-refractivity contribution in [3.05, 3.63) is 45.7 Å². The summed E-state index contributed by atoms with van der Waals surface area (Å²) in [4.78, 5) is 11.6. The van der Waals surface area contributed by atoms with E-state index in [2.05, 4.69) is 0 Å². The van der Waals surface area contributed by atoms with Crippen molar-refractivity contribution in [3.8, 4) is 0 Å². The second-order valence-electron chi connectivity index (χ2n) is 3.49. The molecule has 1 heterocycles. The molecule has 0 radical (unpaired) electrons. The summed E-state index contributed by atoms with van der Waals surface area (Å²) in [6.45, 7) is 0.262. The largest absolute Gasteiger partial charge is 0.386 e. The van der Waals surface area contributed by atoms with Crippen LogP contribution in [0, 0.1) is 5.41 Å². The highest BCUT2D eigenvalue weighted by Crippen LogP contribution is 2.16. The number of hydrogen-bond donors (Lipinski definition) is 2. The van der Waals surface area contributed by atoms with Crippen LogP contribution in [-0.2, 0) is 6.54 Å². The molecule has 0 aliphatic carbocycles. The van der Waals surface area contributed by atoms with Crippen molar-refractivity contribution in [2.45, 2.75) is 6.54 Å². The third-order valence-electron chi connectivity index (χ3n) is 2.28. The van der Waals surface area contributed by atoms with Crippen LogP contribution in [0.15, 0.2) is 35.3 Å². The molecule has 0 saturated heterocycles. The molecule has 0 fully saturated rings. The molecule has 0 saturated carbocycles. The summed E-state index contributed by atoms with van der Waals surface area (Å²) in [5.41, 5.74) is 5.98. The number of aromatic nitrogens is 1.